The van der Waals surface area contributed by atoms with Crippen LogP contribution in [0, 0.1) is 6.92 Å². The summed E-state index contributed by atoms with van der Waals surface area (Å²) in [5, 5.41) is 1.34. The molecule has 3 rings (SSSR count). The summed E-state index contributed by atoms with van der Waals surface area (Å²) in [7, 11) is 0. The Labute approximate surface area is 150 Å². The van der Waals surface area contributed by atoms with Gasteiger partial charge in [-0.3, -0.25) is 0 Å². The first kappa shape index (κ1) is 16.6. The molecule has 0 radical (unpaired) electrons. The molecule has 2 N–H and O–H groups in total. The molecule has 0 saturated carbocycles. The summed E-state index contributed by atoms with van der Waals surface area (Å²) in [6, 6.07) is 15.3. The third-order valence-corrected chi connectivity index (χ3v) is 5.56. The highest BCUT2D eigenvalue weighted by Gasteiger charge is 2.14. The smallest absolute Gasteiger partial charge is 0.0489 e. The van der Waals surface area contributed by atoms with Crippen molar-refractivity contribution in [2.45, 2.75) is 24.8 Å². The summed E-state index contributed by atoms with van der Waals surface area (Å²) in [6.45, 7) is 3.78. The van der Waals surface area contributed by atoms with Gasteiger partial charge >= 0.3 is 0 Å². The van der Waals surface area contributed by atoms with Crippen LogP contribution in [0.4, 0.5) is 0 Å². The molecule has 0 spiro atoms. The van der Waals surface area contributed by atoms with E-state index in [9.17, 15) is 0 Å². The largest absolute Gasteiger partial charge is 0.340 e. The lowest BCUT2D eigenvalue weighted by atomic mass is 10.1. The molecule has 3 aromatic rings. The third kappa shape index (κ3) is 3.35. The van der Waals surface area contributed by atoms with Crippen LogP contribution in [-0.4, -0.2) is 17.4 Å². The highest BCUT2D eigenvalue weighted by molar-refractivity contribution is 9.10. The fourth-order valence-electron chi connectivity index (χ4n) is 3.09. The topological polar surface area (TPSA) is 30.9 Å². The normalized spacial score (nSPS) is 11.3. The van der Waals surface area contributed by atoms with Crippen molar-refractivity contribution >= 4 is 38.6 Å². The molecule has 2 nitrogen and oxygen atoms in total. The molecular formula is C19H21BrN2S. The first-order chi connectivity index (χ1) is 11.1. The van der Waals surface area contributed by atoms with Gasteiger partial charge in [0, 0.05) is 32.5 Å². The molecule has 0 saturated heterocycles. The summed E-state index contributed by atoms with van der Waals surface area (Å²) >= 11 is 5.29. The minimum Gasteiger partial charge on any atom is -0.340 e. The van der Waals surface area contributed by atoms with E-state index in [1.54, 1.807) is 11.8 Å². The number of benzene rings is 2. The Balaban J connectivity index is 2.11. The maximum atomic E-state index is 5.85. The van der Waals surface area contributed by atoms with Gasteiger partial charge in [0.2, 0.25) is 0 Å². The molecule has 1 heterocycles. The van der Waals surface area contributed by atoms with E-state index in [1.165, 1.54) is 32.6 Å². The van der Waals surface area contributed by atoms with Gasteiger partial charge in [-0.2, -0.15) is 0 Å². The summed E-state index contributed by atoms with van der Waals surface area (Å²) < 4.78 is 3.52. The molecular weight excluding hydrogens is 368 g/mol. The first-order valence-electron chi connectivity index (χ1n) is 7.74. The van der Waals surface area contributed by atoms with Gasteiger partial charge in [0.05, 0.1) is 0 Å². The number of hydrogen-bond acceptors (Lipinski definition) is 2. The average Bonchev–Trinajstić information content (AvgIpc) is 2.82. The predicted octanol–water partition coefficient (Wildman–Crippen LogP) is 4.98. The van der Waals surface area contributed by atoms with Crippen molar-refractivity contribution in [1.82, 2.24) is 4.57 Å². The van der Waals surface area contributed by atoms with E-state index in [0.29, 0.717) is 6.54 Å². The Hall–Kier alpha value is -1.23. The van der Waals surface area contributed by atoms with Gasteiger partial charge in [0.1, 0.15) is 0 Å². The van der Waals surface area contributed by atoms with Crippen molar-refractivity contribution in [3.63, 3.8) is 0 Å². The van der Waals surface area contributed by atoms with E-state index in [1.807, 2.05) is 0 Å². The molecule has 1 aromatic heterocycles. The summed E-state index contributed by atoms with van der Waals surface area (Å²) in [5.41, 5.74) is 11.2. The van der Waals surface area contributed by atoms with E-state index in [-0.39, 0.29) is 0 Å². The van der Waals surface area contributed by atoms with Gasteiger partial charge in [-0.1, -0.05) is 28.1 Å². The minimum absolute atomic E-state index is 0.682. The van der Waals surface area contributed by atoms with E-state index < -0.39 is 0 Å². The zero-order valence-electron chi connectivity index (χ0n) is 13.5. The molecule has 4 heteroatoms. The van der Waals surface area contributed by atoms with Crippen LogP contribution in [0.25, 0.3) is 10.9 Å². The number of halogens is 1. The molecule has 2 aromatic carbocycles. The number of nitrogens with zero attached hydrogens (tertiary/aromatic N) is 1. The second kappa shape index (κ2) is 7.12. The summed E-state index contributed by atoms with van der Waals surface area (Å²) in [5.74, 6) is 0. The zero-order chi connectivity index (χ0) is 16.4. The van der Waals surface area contributed by atoms with Gasteiger partial charge in [-0.25, -0.2) is 0 Å². The van der Waals surface area contributed by atoms with Crippen LogP contribution in [0.1, 0.15) is 16.8 Å². The molecule has 120 valence electrons. The number of hydrogen-bond donors (Lipinski definition) is 1. The molecule has 0 amide bonds. The van der Waals surface area contributed by atoms with Crippen molar-refractivity contribution < 1.29 is 0 Å². The van der Waals surface area contributed by atoms with Crippen molar-refractivity contribution in [3.05, 3.63) is 63.8 Å². The Morgan fingerprint density at radius 2 is 1.87 bits per heavy atom. The van der Waals surface area contributed by atoms with Crippen LogP contribution in [-0.2, 0) is 13.0 Å². The van der Waals surface area contributed by atoms with Gasteiger partial charge in [-0.15, -0.1) is 11.8 Å². The van der Waals surface area contributed by atoms with Crippen LogP contribution in [0.5, 0.6) is 0 Å². The van der Waals surface area contributed by atoms with Crippen molar-refractivity contribution in [1.29, 1.82) is 0 Å². The van der Waals surface area contributed by atoms with Crippen LogP contribution < -0.4 is 5.73 Å². The molecule has 0 aliphatic rings. The number of thioether (sulfide) groups is 1. The average molecular weight is 389 g/mol. The Morgan fingerprint density at radius 3 is 2.52 bits per heavy atom. The Morgan fingerprint density at radius 1 is 1.13 bits per heavy atom. The van der Waals surface area contributed by atoms with Gasteiger partial charge < -0.3 is 10.3 Å². The van der Waals surface area contributed by atoms with Crippen LogP contribution in [0.2, 0.25) is 0 Å². The monoisotopic (exact) mass is 388 g/mol. The number of nitrogens with two attached hydrogens (primary N) is 1. The second-order valence-electron chi connectivity index (χ2n) is 5.70. The van der Waals surface area contributed by atoms with Crippen molar-refractivity contribution in [3.8, 4) is 0 Å². The van der Waals surface area contributed by atoms with E-state index in [0.717, 1.165) is 17.4 Å². The number of rotatable bonds is 5. The maximum Gasteiger partial charge on any atom is 0.0489 e. The molecule has 23 heavy (non-hydrogen) atoms. The van der Waals surface area contributed by atoms with Crippen LogP contribution in [0.3, 0.4) is 0 Å². The standard InChI is InChI=1S/C19H21BrN2S/c1-13-17(9-10-21)18-11-16(23-2)7-8-19(18)22(13)12-14-3-5-15(20)6-4-14/h3-8,11H,9-10,12,21H2,1-2H3. The Bertz CT molecular complexity index is 821. The molecule has 0 aliphatic heterocycles. The van der Waals surface area contributed by atoms with Crippen molar-refractivity contribution in [2.75, 3.05) is 12.8 Å². The summed E-state index contributed by atoms with van der Waals surface area (Å²) in [6.07, 6.45) is 3.04. The number of fused-ring (bicyclic) bond motifs is 1. The Kier molecular flexibility index (Phi) is 5.14. The maximum absolute atomic E-state index is 5.85. The lowest BCUT2D eigenvalue weighted by Gasteiger charge is -2.09. The SMILES string of the molecule is CSc1ccc2c(c1)c(CCN)c(C)n2Cc1ccc(Br)cc1. The van der Waals surface area contributed by atoms with Crippen LogP contribution >= 0.6 is 27.7 Å². The van der Waals surface area contributed by atoms with Gasteiger partial charge in [0.15, 0.2) is 0 Å². The lowest BCUT2D eigenvalue weighted by molar-refractivity contribution is 0.792. The zero-order valence-corrected chi connectivity index (χ0v) is 15.9. The molecule has 0 aliphatic carbocycles. The predicted molar refractivity (Wildman–Crippen MR) is 104 cm³/mol. The van der Waals surface area contributed by atoms with E-state index in [4.69, 9.17) is 5.73 Å². The number of aromatic nitrogens is 1. The van der Waals surface area contributed by atoms with Crippen LogP contribution in [0.15, 0.2) is 51.8 Å². The molecule has 0 fully saturated rings. The lowest BCUT2D eigenvalue weighted by Crippen LogP contribution is -2.06. The summed E-state index contributed by atoms with van der Waals surface area (Å²) in [4.78, 5) is 1.30. The van der Waals surface area contributed by atoms with E-state index >= 15 is 0 Å². The highest BCUT2D eigenvalue weighted by Crippen LogP contribution is 2.30. The van der Waals surface area contributed by atoms with E-state index in [2.05, 4.69) is 76.1 Å². The molecule has 0 unspecified atom stereocenters. The fourth-order valence-corrected chi connectivity index (χ4v) is 3.80. The minimum atomic E-state index is 0.682. The van der Waals surface area contributed by atoms with Gasteiger partial charge in [-0.05, 0) is 67.6 Å². The molecule has 0 bridgehead atoms. The first-order valence-corrected chi connectivity index (χ1v) is 9.76. The second-order valence-corrected chi connectivity index (χ2v) is 7.49. The fraction of sp³-hybridized carbons (Fsp3) is 0.263. The molecule has 0 atom stereocenters. The third-order valence-electron chi connectivity index (χ3n) is 4.31. The van der Waals surface area contributed by atoms with Crippen molar-refractivity contribution in [2.24, 2.45) is 5.73 Å². The quantitative estimate of drug-likeness (QED) is 0.624. The highest BCUT2D eigenvalue weighted by atomic mass is 79.9. The van der Waals surface area contributed by atoms with Gasteiger partial charge in [0.25, 0.3) is 0 Å².